The SMILES string of the molecule is Cc1ccc(CNC2CCCC2C)s1. The molecule has 1 nitrogen and oxygen atoms in total. The van der Waals surface area contributed by atoms with Gasteiger partial charge in [-0.3, -0.25) is 0 Å². The molecule has 1 heterocycles. The zero-order valence-corrected chi connectivity index (χ0v) is 9.86. The number of rotatable bonds is 3. The minimum Gasteiger partial charge on any atom is -0.309 e. The lowest BCUT2D eigenvalue weighted by Crippen LogP contribution is -2.30. The van der Waals surface area contributed by atoms with Gasteiger partial charge in [0.15, 0.2) is 0 Å². The first-order chi connectivity index (χ1) is 6.75. The molecule has 14 heavy (non-hydrogen) atoms. The molecule has 2 atom stereocenters. The minimum absolute atomic E-state index is 0.761. The summed E-state index contributed by atoms with van der Waals surface area (Å²) in [5.74, 6) is 0.871. The van der Waals surface area contributed by atoms with Gasteiger partial charge in [-0.05, 0) is 37.8 Å². The molecule has 0 aromatic carbocycles. The van der Waals surface area contributed by atoms with Gasteiger partial charge in [-0.15, -0.1) is 11.3 Å². The van der Waals surface area contributed by atoms with E-state index in [1.54, 1.807) is 0 Å². The van der Waals surface area contributed by atoms with E-state index in [4.69, 9.17) is 0 Å². The van der Waals surface area contributed by atoms with Crippen molar-refractivity contribution in [2.75, 3.05) is 0 Å². The van der Waals surface area contributed by atoms with Gasteiger partial charge in [-0.25, -0.2) is 0 Å². The normalized spacial score (nSPS) is 27.0. The zero-order valence-electron chi connectivity index (χ0n) is 9.05. The van der Waals surface area contributed by atoms with Gasteiger partial charge in [-0.1, -0.05) is 13.3 Å². The third kappa shape index (κ3) is 2.37. The molecule has 1 fully saturated rings. The average molecular weight is 209 g/mol. The largest absolute Gasteiger partial charge is 0.309 e. The van der Waals surface area contributed by atoms with Gasteiger partial charge in [-0.2, -0.15) is 0 Å². The van der Waals surface area contributed by atoms with Gasteiger partial charge in [0.25, 0.3) is 0 Å². The first-order valence-electron chi connectivity index (χ1n) is 5.54. The summed E-state index contributed by atoms with van der Waals surface area (Å²) in [5, 5.41) is 3.67. The molecule has 78 valence electrons. The molecule has 0 aliphatic heterocycles. The highest BCUT2D eigenvalue weighted by atomic mass is 32.1. The summed E-state index contributed by atoms with van der Waals surface area (Å²) in [4.78, 5) is 2.89. The summed E-state index contributed by atoms with van der Waals surface area (Å²) in [5.41, 5.74) is 0. The zero-order chi connectivity index (χ0) is 9.97. The lowest BCUT2D eigenvalue weighted by molar-refractivity contribution is 0.427. The molecule has 2 unspecified atom stereocenters. The Labute approximate surface area is 90.5 Å². The smallest absolute Gasteiger partial charge is 0.0302 e. The van der Waals surface area contributed by atoms with E-state index in [1.165, 1.54) is 29.0 Å². The van der Waals surface area contributed by atoms with Crippen molar-refractivity contribution in [3.8, 4) is 0 Å². The van der Waals surface area contributed by atoms with Crippen LogP contribution in [-0.4, -0.2) is 6.04 Å². The molecule has 1 aromatic rings. The number of thiophene rings is 1. The summed E-state index contributed by atoms with van der Waals surface area (Å²) < 4.78 is 0. The molecule has 0 amide bonds. The maximum atomic E-state index is 3.67. The standard InChI is InChI=1S/C12H19NS/c1-9-4-3-5-12(9)13-8-11-7-6-10(2)14-11/h6-7,9,12-13H,3-5,8H2,1-2H3. The van der Waals surface area contributed by atoms with Crippen LogP contribution in [0.2, 0.25) is 0 Å². The van der Waals surface area contributed by atoms with Gasteiger partial charge in [0.2, 0.25) is 0 Å². The fourth-order valence-electron chi connectivity index (χ4n) is 2.26. The maximum Gasteiger partial charge on any atom is 0.0302 e. The Morgan fingerprint density at radius 2 is 2.29 bits per heavy atom. The van der Waals surface area contributed by atoms with Crippen molar-refractivity contribution in [1.82, 2.24) is 5.32 Å². The topological polar surface area (TPSA) is 12.0 Å². The lowest BCUT2D eigenvalue weighted by atomic mass is 10.1. The Bertz CT molecular complexity index is 292. The van der Waals surface area contributed by atoms with Crippen molar-refractivity contribution >= 4 is 11.3 Å². The van der Waals surface area contributed by atoms with E-state index in [2.05, 4.69) is 31.3 Å². The Balaban J connectivity index is 1.82. The van der Waals surface area contributed by atoms with E-state index in [0.717, 1.165) is 18.5 Å². The van der Waals surface area contributed by atoms with Gasteiger partial charge in [0.1, 0.15) is 0 Å². The number of hydrogen-bond acceptors (Lipinski definition) is 2. The fraction of sp³-hybridized carbons (Fsp3) is 0.667. The van der Waals surface area contributed by atoms with E-state index in [1.807, 2.05) is 11.3 Å². The molecule has 2 rings (SSSR count). The van der Waals surface area contributed by atoms with E-state index >= 15 is 0 Å². The summed E-state index contributed by atoms with van der Waals surface area (Å²) in [6, 6.07) is 5.21. The van der Waals surface area contributed by atoms with E-state index in [9.17, 15) is 0 Å². The van der Waals surface area contributed by atoms with Gasteiger partial charge in [0.05, 0.1) is 0 Å². The second-order valence-corrected chi connectivity index (χ2v) is 5.78. The second-order valence-electron chi connectivity index (χ2n) is 4.41. The summed E-state index contributed by atoms with van der Waals surface area (Å²) in [6.07, 6.45) is 4.18. The molecule has 1 aliphatic rings. The first kappa shape index (κ1) is 10.2. The van der Waals surface area contributed by atoms with Crippen LogP contribution >= 0.6 is 11.3 Å². The van der Waals surface area contributed by atoms with Crippen molar-refractivity contribution in [2.24, 2.45) is 5.92 Å². The van der Waals surface area contributed by atoms with Crippen molar-refractivity contribution in [3.63, 3.8) is 0 Å². The highest BCUT2D eigenvalue weighted by Crippen LogP contribution is 2.25. The molecule has 1 aromatic heterocycles. The Morgan fingerprint density at radius 3 is 2.86 bits per heavy atom. The number of nitrogens with one attached hydrogen (secondary N) is 1. The molecule has 2 heteroatoms. The first-order valence-corrected chi connectivity index (χ1v) is 6.36. The molecule has 0 spiro atoms. The third-order valence-electron chi connectivity index (χ3n) is 3.20. The van der Waals surface area contributed by atoms with Crippen LogP contribution in [0.1, 0.15) is 35.9 Å². The van der Waals surface area contributed by atoms with Gasteiger partial charge in [0, 0.05) is 22.3 Å². The molecular formula is C12H19NS. The van der Waals surface area contributed by atoms with Crippen molar-refractivity contribution < 1.29 is 0 Å². The van der Waals surface area contributed by atoms with Crippen molar-refractivity contribution in [2.45, 2.75) is 45.7 Å². The van der Waals surface area contributed by atoms with Gasteiger partial charge < -0.3 is 5.32 Å². The highest BCUT2D eigenvalue weighted by Gasteiger charge is 2.22. The summed E-state index contributed by atoms with van der Waals surface area (Å²) in [7, 11) is 0. The number of aryl methyl sites for hydroxylation is 1. The molecular weight excluding hydrogens is 190 g/mol. The minimum atomic E-state index is 0.761. The summed E-state index contributed by atoms with van der Waals surface area (Å²) in [6.45, 7) is 5.60. The Morgan fingerprint density at radius 1 is 1.43 bits per heavy atom. The molecule has 1 saturated carbocycles. The molecule has 0 radical (unpaired) electrons. The van der Waals surface area contributed by atoms with Crippen LogP contribution in [0, 0.1) is 12.8 Å². The predicted octanol–water partition coefficient (Wildman–Crippen LogP) is 3.33. The Kier molecular flexibility index (Phi) is 3.24. The second kappa shape index (κ2) is 4.45. The molecule has 1 aliphatic carbocycles. The van der Waals surface area contributed by atoms with Crippen LogP contribution in [0.5, 0.6) is 0 Å². The third-order valence-corrected chi connectivity index (χ3v) is 4.20. The van der Waals surface area contributed by atoms with Crippen LogP contribution in [0.4, 0.5) is 0 Å². The van der Waals surface area contributed by atoms with E-state index in [-0.39, 0.29) is 0 Å². The van der Waals surface area contributed by atoms with Crippen LogP contribution in [0.3, 0.4) is 0 Å². The number of hydrogen-bond donors (Lipinski definition) is 1. The molecule has 0 bridgehead atoms. The van der Waals surface area contributed by atoms with E-state index < -0.39 is 0 Å². The predicted molar refractivity (Wildman–Crippen MR) is 62.7 cm³/mol. The van der Waals surface area contributed by atoms with Crippen LogP contribution in [0.15, 0.2) is 12.1 Å². The summed E-state index contributed by atoms with van der Waals surface area (Å²) >= 11 is 1.91. The lowest BCUT2D eigenvalue weighted by Gasteiger charge is -2.16. The average Bonchev–Trinajstić information content (AvgIpc) is 2.72. The van der Waals surface area contributed by atoms with Crippen molar-refractivity contribution in [1.29, 1.82) is 0 Å². The fourth-order valence-corrected chi connectivity index (χ4v) is 3.10. The van der Waals surface area contributed by atoms with Crippen molar-refractivity contribution in [3.05, 3.63) is 21.9 Å². The van der Waals surface area contributed by atoms with Gasteiger partial charge >= 0.3 is 0 Å². The van der Waals surface area contributed by atoms with Crippen LogP contribution < -0.4 is 5.32 Å². The maximum absolute atomic E-state index is 3.67. The highest BCUT2D eigenvalue weighted by molar-refractivity contribution is 7.11. The van der Waals surface area contributed by atoms with Crippen LogP contribution in [0.25, 0.3) is 0 Å². The molecule has 0 saturated heterocycles. The monoisotopic (exact) mass is 209 g/mol. The quantitative estimate of drug-likeness (QED) is 0.805. The molecule has 1 N–H and O–H groups in total. The Hall–Kier alpha value is -0.340. The van der Waals surface area contributed by atoms with Crippen LogP contribution in [-0.2, 0) is 6.54 Å². The van der Waals surface area contributed by atoms with E-state index in [0.29, 0.717) is 0 Å².